The molecule has 0 aliphatic heterocycles. The van der Waals surface area contributed by atoms with E-state index < -0.39 is 0 Å². The number of hydrogen-bond donors (Lipinski definition) is 2. The summed E-state index contributed by atoms with van der Waals surface area (Å²) in [5.74, 6) is 0.501. The molecule has 0 spiro atoms. The third-order valence-corrected chi connectivity index (χ3v) is 3.02. The third kappa shape index (κ3) is 7.76. The second-order valence-corrected chi connectivity index (χ2v) is 5.44. The van der Waals surface area contributed by atoms with Crippen LogP contribution in [0, 0.1) is 22.7 Å². The highest BCUT2D eigenvalue weighted by molar-refractivity contribution is 5.75. The van der Waals surface area contributed by atoms with Crippen molar-refractivity contribution in [3.63, 3.8) is 0 Å². The van der Waals surface area contributed by atoms with E-state index in [-0.39, 0.29) is 11.3 Å². The number of nitrogens with one attached hydrogen (secondary N) is 1. The molecule has 0 aliphatic rings. The van der Waals surface area contributed by atoms with E-state index in [1.807, 2.05) is 6.07 Å². The molecule has 3 N–H and O–H groups in total. The van der Waals surface area contributed by atoms with Gasteiger partial charge in [-0.2, -0.15) is 5.26 Å². The Morgan fingerprint density at radius 2 is 2.06 bits per heavy atom. The van der Waals surface area contributed by atoms with Crippen molar-refractivity contribution in [2.24, 2.45) is 17.1 Å². The minimum Gasteiger partial charge on any atom is -0.355 e. The number of hydrogen-bond acceptors (Lipinski definition) is 3. The minimum atomic E-state index is 0.0338. The van der Waals surface area contributed by atoms with E-state index in [2.05, 4.69) is 26.1 Å². The van der Waals surface area contributed by atoms with Crippen molar-refractivity contribution in [2.75, 3.05) is 13.1 Å². The maximum Gasteiger partial charge on any atom is 0.220 e. The lowest BCUT2D eigenvalue weighted by molar-refractivity contribution is -0.121. The molecule has 0 aromatic carbocycles. The van der Waals surface area contributed by atoms with E-state index >= 15 is 0 Å². The Morgan fingerprint density at radius 1 is 1.41 bits per heavy atom. The summed E-state index contributed by atoms with van der Waals surface area (Å²) in [5.41, 5.74) is 5.78. The first-order valence-electron chi connectivity index (χ1n) is 6.25. The van der Waals surface area contributed by atoms with Crippen molar-refractivity contribution in [1.82, 2.24) is 5.32 Å². The molecule has 1 unspecified atom stereocenters. The molecular weight excluding hydrogens is 214 g/mol. The fraction of sp³-hybridized carbons (Fsp3) is 0.846. The van der Waals surface area contributed by atoms with Gasteiger partial charge in [0.15, 0.2) is 0 Å². The van der Waals surface area contributed by atoms with Gasteiger partial charge in [0.1, 0.15) is 0 Å². The smallest absolute Gasteiger partial charge is 0.220 e. The quantitative estimate of drug-likeness (QED) is 0.665. The molecule has 0 fully saturated rings. The third-order valence-electron chi connectivity index (χ3n) is 3.02. The van der Waals surface area contributed by atoms with Crippen LogP contribution in [-0.2, 0) is 4.79 Å². The van der Waals surface area contributed by atoms with E-state index in [4.69, 9.17) is 11.0 Å². The molecular formula is C13H25N3O. The van der Waals surface area contributed by atoms with Crippen LogP contribution >= 0.6 is 0 Å². The van der Waals surface area contributed by atoms with Gasteiger partial charge in [0.2, 0.25) is 5.91 Å². The predicted octanol–water partition coefficient (Wildman–Crippen LogP) is 1.81. The molecule has 4 heteroatoms. The van der Waals surface area contributed by atoms with Crippen LogP contribution in [0.15, 0.2) is 0 Å². The number of nitriles is 1. The molecule has 0 aromatic heterocycles. The SMILES string of the molecule is CC(C)(C)C(CCN)CCC(=O)NCCC#N. The summed E-state index contributed by atoms with van der Waals surface area (Å²) in [7, 11) is 0. The number of carbonyl (C=O) groups excluding carboxylic acids is 1. The summed E-state index contributed by atoms with van der Waals surface area (Å²) >= 11 is 0. The fourth-order valence-corrected chi connectivity index (χ4v) is 1.86. The van der Waals surface area contributed by atoms with Crippen LogP contribution in [-0.4, -0.2) is 19.0 Å². The maximum absolute atomic E-state index is 11.5. The zero-order valence-electron chi connectivity index (χ0n) is 11.3. The zero-order valence-corrected chi connectivity index (χ0v) is 11.3. The zero-order chi connectivity index (χ0) is 13.3. The first kappa shape index (κ1) is 15.9. The Bertz CT molecular complexity index is 263. The van der Waals surface area contributed by atoms with Gasteiger partial charge in [0.25, 0.3) is 0 Å². The van der Waals surface area contributed by atoms with Crippen molar-refractivity contribution < 1.29 is 4.79 Å². The van der Waals surface area contributed by atoms with E-state index in [0.717, 1.165) is 12.8 Å². The van der Waals surface area contributed by atoms with Crippen LogP contribution < -0.4 is 11.1 Å². The van der Waals surface area contributed by atoms with Gasteiger partial charge in [0, 0.05) is 13.0 Å². The number of nitrogens with zero attached hydrogens (tertiary/aromatic N) is 1. The summed E-state index contributed by atoms with van der Waals surface area (Å²) in [6.07, 6.45) is 2.71. The summed E-state index contributed by atoms with van der Waals surface area (Å²) in [6, 6.07) is 2.00. The van der Waals surface area contributed by atoms with Crippen LogP contribution in [0.25, 0.3) is 0 Å². The van der Waals surface area contributed by atoms with E-state index in [1.54, 1.807) is 0 Å². The number of carbonyl (C=O) groups is 1. The molecule has 0 saturated carbocycles. The average molecular weight is 239 g/mol. The van der Waals surface area contributed by atoms with Crippen LogP contribution in [0.3, 0.4) is 0 Å². The first-order valence-corrected chi connectivity index (χ1v) is 6.25. The van der Waals surface area contributed by atoms with Crippen molar-refractivity contribution in [3.05, 3.63) is 0 Å². The van der Waals surface area contributed by atoms with Crippen LogP contribution in [0.2, 0.25) is 0 Å². The standard InChI is InChI=1S/C13H25N3O/c1-13(2,3)11(7-9-15)5-6-12(17)16-10-4-8-14/h11H,4-7,9-10,15H2,1-3H3,(H,16,17). The second kappa shape index (κ2) is 8.08. The van der Waals surface area contributed by atoms with Gasteiger partial charge in [-0.15, -0.1) is 0 Å². The molecule has 0 saturated heterocycles. The molecule has 0 aromatic rings. The topological polar surface area (TPSA) is 78.9 Å². The number of nitrogens with two attached hydrogens (primary N) is 1. The van der Waals surface area contributed by atoms with Gasteiger partial charge in [-0.25, -0.2) is 0 Å². The molecule has 0 bridgehead atoms. The Kier molecular flexibility index (Phi) is 7.56. The van der Waals surface area contributed by atoms with Gasteiger partial charge in [-0.1, -0.05) is 20.8 Å². The molecule has 4 nitrogen and oxygen atoms in total. The van der Waals surface area contributed by atoms with Gasteiger partial charge in [-0.05, 0) is 30.7 Å². The highest BCUT2D eigenvalue weighted by atomic mass is 16.1. The van der Waals surface area contributed by atoms with Crippen molar-refractivity contribution in [2.45, 2.75) is 46.5 Å². The largest absolute Gasteiger partial charge is 0.355 e. The van der Waals surface area contributed by atoms with Crippen LogP contribution in [0.5, 0.6) is 0 Å². The van der Waals surface area contributed by atoms with Crippen molar-refractivity contribution in [1.29, 1.82) is 5.26 Å². The maximum atomic E-state index is 11.5. The average Bonchev–Trinajstić information content (AvgIpc) is 2.23. The summed E-state index contributed by atoms with van der Waals surface area (Å²) in [4.78, 5) is 11.5. The Labute approximate surface area is 105 Å². The van der Waals surface area contributed by atoms with Gasteiger partial charge < -0.3 is 11.1 Å². The lowest BCUT2D eigenvalue weighted by Crippen LogP contribution is -2.28. The normalized spacial score (nSPS) is 12.9. The highest BCUT2D eigenvalue weighted by Crippen LogP contribution is 2.31. The molecule has 1 amide bonds. The van der Waals surface area contributed by atoms with Crippen LogP contribution in [0.1, 0.15) is 46.5 Å². The van der Waals surface area contributed by atoms with E-state index in [1.165, 1.54) is 0 Å². The van der Waals surface area contributed by atoms with Crippen LogP contribution in [0.4, 0.5) is 0 Å². The van der Waals surface area contributed by atoms with E-state index in [0.29, 0.717) is 31.8 Å². The molecule has 1 atom stereocenters. The molecule has 0 aliphatic carbocycles. The summed E-state index contributed by atoms with van der Waals surface area (Å²) in [6.45, 7) is 7.66. The molecule has 17 heavy (non-hydrogen) atoms. The van der Waals surface area contributed by atoms with Crippen molar-refractivity contribution >= 4 is 5.91 Å². The van der Waals surface area contributed by atoms with Gasteiger partial charge in [0.05, 0.1) is 12.5 Å². The Morgan fingerprint density at radius 3 is 2.53 bits per heavy atom. The lowest BCUT2D eigenvalue weighted by atomic mass is 9.76. The van der Waals surface area contributed by atoms with Crippen molar-refractivity contribution in [3.8, 4) is 6.07 Å². The second-order valence-electron chi connectivity index (χ2n) is 5.44. The highest BCUT2D eigenvalue weighted by Gasteiger charge is 2.24. The lowest BCUT2D eigenvalue weighted by Gasteiger charge is -2.30. The molecule has 0 heterocycles. The molecule has 0 rings (SSSR count). The molecule has 0 radical (unpaired) electrons. The summed E-state index contributed by atoms with van der Waals surface area (Å²) in [5, 5.41) is 11.1. The predicted molar refractivity (Wildman–Crippen MR) is 69.1 cm³/mol. The van der Waals surface area contributed by atoms with E-state index in [9.17, 15) is 4.79 Å². The Balaban J connectivity index is 3.97. The Hall–Kier alpha value is -1.08. The number of rotatable bonds is 7. The van der Waals surface area contributed by atoms with Gasteiger partial charge >= 0.3 is 0 Å². The minimum absolute atomic E-state index is 0.0338. The molecule has 98 valence electrons. The fourth-order valence-electron chi connectivity index (χ4n) is 1.86. The monoisotopic (exact) mass is 239 g/mol. The summed E-state index contributed by atoms with van der Waals surface area (Å²) < 4.78 is 0. The number of amides is 1. The van der Waals surface area contributed by atoms with Gasteiger partial charge in [-0.3, -0.25) is 4.79 Å². The first-order chi connectivity index (χ1) is 7.91.